The van der Waals surface area contributed by atoms with Gasteiger partial charge in [-0.05, 0) is 60.7 Å². The van der Waals surface area contributed by atoms with Crippen molar-refractivity contribution in [2.75, 3.05) is 33.0 Å². The summed E-state index contributed by atoms with van der Waals surface area (Å²) in [5.41, 5.74) is 3.70. The van der Waals surface area contributed by atoms with Gasteiger partial charge in [0.2, 0.25) is 0 Å². The fraction of sp³-hybridized carbons (Fsp3) is 0.286. The quantitative estimate of drug-likeness (QED) is 0.245. The van der Waals surface area contributed by atoms with E-state index in [0.717, 1.165) is 28.5 Å². The topological polar surface area (TPSA) is 111 Å². The lowest BCUT2D eigenvalue weighted by molar-refractivity contribution is -0.103. The maximum Gasteiger partial charge on any atom is 0.123 e. The molecular weight excluding hydrogens is 570 g/mol. The van der Waals surface area contributed by atoms with Crippen LogP contribution in [0.4, 0.5) is 0 Å². The minimum Gasteiger partial charge on any atom is -0.366 e. The highest BCUT2D eigenvalue weighted by atomic mass is 16.6. The molecule has 0 N–H and O–H groups in total. The molecule has 0 aliphatic carbocycles. The molecular formula is C35H35N5O5. The summed E-state index contributed by atoms with van der Waals surface area (Å²) in [6, 6.07) is 28.6. The summed E-state index contributed by atoms with van der Waals surface area (Å²) in [7, 11) is 0. The Morgan fingerprint density at radius 3 is 0.667 bits per heavy atom. The number of hydrogen-bond acceptors (Lipinski definition) is 10. The summed E-state index contributed by atoms with van der Waals surface area (Å²) in [4.78, 5) is 22.9. The Labute approximate surface area is 262 Å². The van der Waals surface area contributed by atoms with Gasteiger partial charge < -0.3 is 23.7 Å². The van der Waals surface area contributed by atoms with Gasteiger partial charge in [-0.1, -0.05) is 30.3 Å². The third kappa shape index (κ3) is 8.59. The Morgan fingerprint density at radius 1 is 0.311 bits per heavy atom. The van der Waals surface area contributed by atoms with E-state index in [0.29, 0.717) is 0 Å². The van der Waals surface area contributed by atoms with Gasteiger partial charge in [0.1, 0.15) is 30.5 Å². The van der Waals surface area contributed by atoms with Gasteiger partial charge in [-0.2, -0.15) is 0 Å². The number of aromatic nitrogens is 5. The highest BCUT2D eigenvalue weighted by Crippen LogP contribution is 2.29. The highest BCUT2D eigenvalue weighted by molar-refractivity contribution is 5.12. The summed E-state index contributed by atoms with van der Waals surface area (Å²) in [5, 5.41) is 0. The second-order valence-corrected chi connectivity index (χ2v) is 10.4. The van der Waals surface area contributed by atoms with Gasteiger partial charge in [-0.25, -0.2) is 0 Å². The Kier molecular flexibility index (Phi) is 10.9. The molecule has 1 fully saturated rings. The van der Waals surface area contributed by atoms with Crippen LogP contribution in [0, 0.1) is 0 Å². The first kappa shape index (κ1) is 30.6. The molecule has 5 aromatic rings. The maximum absolute atomic E-state index is 6.51. The van der Waals surface area contributed by atoms with Gasteiger partial charge in [0, 0.05) is 31.0 Å². The van der Waals surface area contributed by atoms with Gasteiger partial charge in [0.05, 0.1) is 61.5 Å². The lowest BCUT2D eigenvalue weighted by atomic mass is 10.2. The summed E-state index contributed by atoms with van der Waals surface area (Å²) in [6.45, 7) is 1.03. The van der Waals surface area contributed by atoms with Crippen LogP contribution in [0.2, 0.25) is 0 Å². The summed E-state index contributed by atoms with van der Waals surface area (Å²) >= 11 is 0. The van der Waals surface area contributed by atoms with E-state index in [9.17, 15) is 0 Å². The summed E-state index contributed by atoms with van der Waals surface area (Å²) in [5.74, 6) is 0. The molecule has 1 aliphatic heterocycles. The molecule has 6 heterocycles. The summed E-state index contributed by atoms with van der Waals surface area (Å²) in [6.07, 6.45) is 6.24. The van der Waals surface area contributed by atoms with Crippen molar-refractivity contribution in [2.24, 2.45) is 0 Å². The molecule has 0 aromatic carbocycles. The first-order valence-electron chi connectivity index (χ1n) is 15.0. The van der Waals surface area contributed by atoms with Crippen LogP contribution in [0.5, 0.6) is 0 Å². The monoisotopic (exact) mass is 605 g/mol. The van der Waals surface area contributed by atoms with Crippen molar-refractivity contribution < 1.29 is 23.7 Å². The predicted octanol–water partition coefficient (Wildman–Crippen LogP) is 5.76. The van der Waals surface area contributed by atoms with Gasteiger partial charge in [-0.3, -0.25) is 24.9 Å². The van der Waals surface area contributed by atoms with Crippen molar-refractivity contribution in [2.45, 2.75) is 30.5 Å². The number of nitrogens with zero attached hydrogens (tertiary/aromatic N) is 5. The fourth-order valence-corrected chi connectivity index (χ4v) is 4.94. The highest BCUT2D eigenvalue weighted by Gasteiger charge is 2.27. The molecule has 5 unspecified atom stereocenters. The van der Waals surface area contributed by atoms with E-state index in [1.807, 2.05) is 91.0 Å². The summed E-state index contributed by atoms with van der Waals surface area (Å²) < 4.78 is 32.5. The molecule has 0 radical (unpaired) electrons. The van der Waals surface area contributed by atoms with Crippen molar-refractivity contribution in [1.29, 1.82) is 0 Å². The van der Waals surface area contributed by atoms with E-state index >= 15 is 0 Å². The molecule has 5 atom stereocenters. The minimum atomic E-state index is -0.494. The molecule has 230 valence electrons. The largest absolute Gasteiger partial charge is 0.366 e. The molecule has 0 bridgehead atoms. The molecule has 1 saturated heterocycles. The van der Waals surface area contributed by atoms with Crippen molar-refractivity contribution in [3.63, 3.8) is 0 Å². The molecule has 0 amide bonds. The van der Waals surface area contributed by atoms with Crippen LogP contribution in [-0.2, 0) is 23.7 Å². The van der Waals surface area contributed by atoms with E-state index in [-0.39, 0.29) is 33.0 Å². The van der Waals surface area contributed by atoms with Gasteiger partial charge in [-0.15, -0.1) is 0 Å². The van der Waals surface area contributed by atoms with E-state index in [2.05, 4.69) is 24.9 Å². The average molecular weight is 606 g/mol. The number of ether oxygens (including phenoxy) is 5. The third-order valence-corrected chi connectivity index (χ3v) is 7.33. The molecule has 10 heteroatoms. The van der Waals surface area contributed by atoms with Crippen LogP contribution in [0.3, 0.4) is 0 Å². The zero-order valence-corrected chi connectivity index (χ0v) is 24.7. The van der Waals surface area contributed by atoms with Crippen LogP contribution in [0.1, 0.15) is 59.0 Å². The molecule has 10 nitrogen and oxygen atoms in total. The predicted molar refractivity (Wildman–Crippen MR) is 165 cm³/mol. The number of rotatable bonds is 5. The normalized spacial score (nSPS) is 23.8. The zero-order chi connectivity index (χ0) is 30.5. The van der Waals surface area contributed by atoms with Crippen molar-refractivity contribution in [3.05, 3.63) is 150 Å². The lowest BCUT2D eigenvalue weighted by Gasteiger charge is -2.25. The van der Waals surface area contributed by atoms with Crippen LogP contribution in [0.25, 0.3) is 0 Å². The molecule has 5 aromatic heterocycles. The molecule has 0 saturated carbocycles. The average Bonchev–Trinajstić information content (AvgIpc) is 3.13. The van der Waals surface area contributed by atoms with Crippen molar-refractivity contribution in [1.82, 2.24) is 24.9 Å². The van der Waals surface area contributed by atoms with Crippen LogP contribution in [0.15, 0.2) is 122 Å². The van der Waals surface area contributed by atoms with E-state index in [1.54, 1.807) is 31.0 Å². The van der Waals surface area contributed by atoms with Crippen molar-refractivity contribution >= 4 is 0 Å². The van der Waals surface area contributed by atoms with Gasteiger partial charge in [0.25, 0.3) is 0 Å². The standard InChI is InChI=1S/C35H35N5O5/c1-6-16-36-26(11-1)31-21-42-33(28-13-3-8-18-38-28)23-44-35(30-15-5-10-20-40-30)25-45-34(29-14-4-9-19-39-29)24-43-32(22-41-31)27-12-2-7-17-37-27/h1-20,31-35H,21-25H2. The van der Waals surface area contributed by atoms with Crippen LogP contribution in [-0.4, -0.2) is 58.0 Å². The Balaban J connectivity index is 1.35. The van der Waals surface area contributed by atoms with E-state index in [1.165, 1.54) is 0 Å². The molecule has 0 spiro atoms. The van der Waals surface area contributed by atoms with Crippen LogP contribution >= 0.6 is 0 Å². The second kappa shape index (κ2) is 16.0. The minimum absolute atomic E-state index is 0.206. The molecule has 1 aliphatic rings. The SMILES string of the molecule is c1ccc(C2COC(c3ccccn3)COC(c3ccccn3)COC(c3ccccn3)COC(c3ccccn3)CO2)nc1. The Hall–Kier alpha value is -4.45. The zero-order valence-electron chi connectivity index (χ0n) is 24.7. The Morgan fingerprint density at radius 2 is 0.511 bits per heavy atom. The molecule has 45 heavy (non-hydrogen) atoms. The first-order chi connectivity index (χ1) is 22.3. The first-order valence-corrected chi connectivity index (χ1v) is 15.0. The molecule has 6 rings (SSSR count). The Bertz CT molecular complexity index is 1240. The smallest absolute Gasteiger partial charge is 0.123 e. The number of pyridine rings is 5. The fourth-order valence-electron chi connectivity index (χ4n) is 4.94. The van der Waals surface area contributed by atoms with E-state index in [4.69, 9.17) is 23.7 Å². The maximum atomic E-state index is 6.51. The van der Waals surface area contributed by atoms with Crippen LogP contribution < -0.4 is 0 Å². The van der Waals surface area contributed by atoms with Gasteiger partial charge in [0.15, 0.2) is 0 Å². The lowest BCUT2D eigenvalue weighted by Crippen LogP contribution is -2.23. The third-order valence-electron chi connectivity index (χ3n) is 7.33. The van der Waals surface area contributed by atoms with Crippen molar-refractivity contribution in [3.8, 4) is 0 Å². The van der Waals surface area contributed by atoms with Gasteiger partial charge >= 0.3 is 0 Å². The second-order valence-electron chi connectivity index (χ2n) is 10.4. The number of hydrogen-bond donors (Lipinski definition) is 0. The van der Waals surface area contributed by atoms with E-state index < -0.39 is 30.5 Å².